The summed E-state index contributed by atoms with van der Waals surface area (Å²) < 4.78 is 5.40. The molecule has 21 heavy (non-hydrogen) atoms. The minimum Gasteiger partial charge on any atom is -0.494 e. The van der Waals surface area contributed by atoms with Crippen LogP contribution in [0.15, 0.2) is 24.3 Å². The lowest BCUT2D eigenvalue weighted by Gasteiger charge is -2.32. The maximum atomic E-state index is 6.20. The number of piperazine rings is 1. The van der Waals surface area contributed by atoms with Gasteiger partial charge in [-0.05, 0) is 24.7 Å². The van der Waals surface area contributed by atoms with Crippen LogP contribution < -0.4 is 4.74 Å². The third-order valence-corrected chi connectivity index (χ3v) is 4.26. The molecule has 1 saturated heterocycles. The van der Waals surface area contributed by atoms with Gasteiger partial charge in [-0.1, -0.05) is 23.7 Å². The van der Waals surface area contributed by atoms with Crippen molar-refractivity contribution in [2.75, 3.05) is 40.3 Å². The average Bonchev–Trinajstić information content (AvgIpc) is 2.49. The maximum absolute atomic E-state index is 6.20. The number of methoxy groups -OCH3 is 1. The highest BCUT2D eigenvalue weighted by molar-refractivity contribution is 6.30. The minimum absolute atomic E-state index is 0.524. The summed E-state index contributed by atoms with van der Waals surface area (Å²) in [4.78, 5) is 9.25. The number of fused-ring (bicyclic) bond motifs is 1. The lowest BCUT2D eigenvalue weighted by Crippen LogP contribution is -2.43. The van der Waals surface area contributed by atoms with Gasteiger partial charge in [0.2, 0.25) is 0 Å². The molecule has 0 atom stereocenters. The Balaban J connectivity index is 1.94. The quantitative estimate of drug-likeness (QED) is 0.815. The number of nitrogens with zero attached hydrogens (tertiary/aromatic N) is 3. The number of aromatic nitrogens is 1. The topological polar surface area (TPSA) is 28.6 Å². The summed E-state index contributed by atoms with van der Waals surface area (Å²) in [6, 6.07) is 7.99. The Morgan fingerprint density at radius 1 is 1.24 bits per heavy atom. The second kappa shape index (κ2) is 6.18. The molecule has 0 bridgehead atoms. The molecule has 5 heteroatoms. The summed E-state index contributed by atoms with van der Waals surface area (Å²) in [5.41, 5.74) is 2.06. The zero-order chi connectivity index (χ0) is 14.8. The molecular formula is C16H20ClN3O. The molecule has 4 nitrogen and oxygen atoms in total. The van der Waals surface area contributed by atoms with Crippen molar-refractivity contribution in [3.63, 3.8) is 0 Å². The van der Waals surface area contributed by atoms with Crippen molar-refractivity contribution in [3.8, 4) is 5.75 Å². The predicted molar refractivity (Wildman–Crippen MR) is 86.1 cm³/mol. The van der Waals surface area contributed by atoms with Crippen LogP contribution in [0.5, 0.6) is 5.75 Å². The maximum Gasteiger partial charge on any atom is 0.145 e. The van der Waals surface area contributed by atoms with Crippen molar-refractivity contribution in [1.82, 2.24) is 14.8 Å². The highest BCUT2D eigenvalue weighted by atomic mass is 35.5. The lowest BCUT2D eigenvalue weighted by molar-refractivity contribution is 0.148. The second-order valence-corrected chi connectivity index (χ2v) is 5.93. The van der Waals surface area contributed by atoms with E-state index in [0.717, 1.165) is 49.4 Å². The Bertz CT molecular complexity index is 639. The normalized spacial score (nSPS) is 17.3. The fraction of sp³-hybridized carbons (Fsp3) is 0.438. The number of pyridine rings is 1. The van der Waals surface area contributed by atoms with Gasteiger partial charge in [0.15, 0.2) is 0 Å². The summed E-state index contributed by atoms with van der Waals surface area (Å²) in [6.07, 6.45) is 0. The van der Waals surface area contributed by atoms with E-state index in [-0.39, 0.29) is 0 Å². The van der Waals surface area contributed by atoms with Crippen LogP contribution in [0.3, 0.4) is 0 Å². The first-order chi connectivity index (χ1) is 10.2. The van der Waals surface area contributed by atoms with Gasteiger partial charge in [-0.3, -0.25) is 4.90 Å². The van der Waals surface area contributed by atoms with E-state index >= 15 is 0 Å². The molecule has 1 fully saturated rings. The van der Waals surface area contributed by atoms with Crippen LogP contribution in [-0.2, 0) is 6.54 Å². The molecular weight excluding hydrogens is 286 g/mol. The van der Waals surface area contributed by atoms with E-state index in [9.17, 15) is 0 Å². The smallest absolute Gasteiger partial charge is 0.145 e. The van der Waals surface area contributed by atoms with Gasteiger partial charge in [-0.15, -0.1) is 0 Å². The monoisotopic (exact) mass is 305 g/mol. The molecule has 0 amide bonds. The van der Waals surface area contributed by atoms with Crippen molar-refractivity contribution in [1.29, 1.82) is 0 Å². The molecule has 1 aromatic carbocycles. The van der Waals surface area contributed by atoms with E-state index in [1.165, 1.54) is 5.56 Å². The Labute approximate surface area is 130 Å². The summed E-state index contributed by atoms with van der Waals surface area (Å²) in [7, 11) is 3.83. The summed E-state index contributed by atoms with van der Waals surface area (Å²) in [6.45, 7) is 5.30. The number of para-hydroxylation sites is 1. The molecule has 112 valence electrons. The van der Waals surface area contributed by atoms with E-state index in [0.29, 0.717) is 5.15 Å². The van der Waals surface area contributed by atoms with Gasteiger partial charge < -0.3 is 9.64 Å². The summed E-state index contributed by atoms with van der Waals surface area (Å²) in [5, 5.41) is 1.65. The average molecular weight is 306 g/mol. The molecule has 0 saturated carbocycles. The second-order valence-electron chi connectivity index (χ2n) is 5.54. The van der Waals surface area contributed by atoms with Gasteiger partial charge in [-0.2, -0.15) is 0 Å². The fourth-order valence-electron chi connectivity index (χ4n) is 2.80. The van der Waals surface area contributed by atoms with E-state index in [4.69, 9.17) is 16.3 Å². The molecule has 2 aromatic rings. The molecule has 2 heterocycles. The Morgan fingerprint density at radius 3 is 2.71 bits per heavy atom. The van der Waals surface area contributed by atoms with E-state index in [1.807, 2.05) is 18.2 Å². The fourth-order valence-corrected chi connectivity index (χ4v) is 3.02. The van der Waals surface area contributed by atoms with Gasteiger partial charge >= 0.3 is 0 Å². The van der Waals surface area contributed by atoms with Crippen molar-refractivity contribution in [2.45, 2.75) is 6.54 Å². The van der Waals surface area contributed by atoms with Gasteiger partial charge in [0, 0.05) is 38.1 Å². The van der Waals surface area contributed by atoms with Crippen molar-refractivity contribution in [2.24, 2.45) is 0 Å². The number of likely N-dealkylation sites (N-methyl/N-ethyl adjacent to an activating group) is 1. The number of benzene rings is 1. The first-order valence-corrected chi connectivity index (χ1v) is 7.58. The third kappa shape index (κ3) is 3.12. The van der Waals surface area contributed by atoms with Gasteiger partial charge in [-0.25, -0.2) is 4.98 Å². The first-order valence-electron chi connectivity index (χ1n) is 7.20. The first kappa shape index (κ1) is 14.6. The third-order valence-electron chi connectivity index (χ3n) is 4.07. The number of halogens is 1. The SMILES string of the molecule is COc1cccc2c(CN3CCN(C)CC3)cc(Cl)nc12. The summed E-state index contributed by atoms with van der Waals surface area (Å²) in [5.74, 6) is 0.773. The molecule has 1 aliphatic heterocycles. The Hall–Kier alpha value is -1.36. The van der Waals surface area contributed by atoms with Crippen LogP contribution in [-0.4, -0.2) is 55.1 Å². The number of hydrogen-bond acceptors (Lipinski definition) is 4. The number of hydrogen-bond donors (Lipinski definition) is 0. The molecule has 0 N–H and O–H groups in total. The van der Waals surface area contributed by atoms with Gasteiger partial charge in [0.05, 0.1) is 7.11 Å². The highest BCUT2D eigenvalue weighted by Crippen LogP contribution is 2.29. The molecule has 1 aromatic heterocycles. The molecule has 0 spiro atoms. The molecule has 3 rings (SSSR count). The zero-order valence-corrected chi connectivity index (χ0v) is 13.2. The molecule has 1 aliphatic rings. The van der Waals surface area contributed by atoms with Gasteiger partial charge in [0.25, 0.3) is 0 Å². The van der Waals surface area contributed by atoms with E-state index in [1.54, 1.807) is 7.11 Å². The zero-order valence-electron chi connectivity index (χ0n) is 12.5. The van der Waals surface area contributed by atoms with Crippen LogP contribution in [0, 0.1) is 0 Å². The molecule has 0 radical (unpaired) electrons. The molecule has 0 unspecified atom stereocenters. The van der Waals surface area contributed by atoms with Crippen LogP contribution in [0.25, 0.3) is 10.9 Å². The van der Waals surface area contributed by atoms with E-state index in [2.05, 4.69) is 27.9 Å². The Morgan fingerprint density at radius 2 is 2.00 bits per heavy atom. The Kier molecular flexibility index (Phi) is 4.29. The highest BCUT2D eigenvalue weighted by Gasteiger charge is 2.16. The standard InChI is InChI=1S/C16H20ClN3O/c1-19-6-8-20(9-7-19)11-12-10-15(17)18-16-13(12)4-3-5-14(16)21-2/h3-5,10H,6-9,11H2,1-2H3. The molecule has 0 aliphatic carbocycles. The van der Waals surface area contributed by atoms with E-state index < -0.39 is 0 Å². The lowest BCUT2D eigenvalue weighted by atomic mass is 10.1. The van der Waals surface area contributed by atoms with Crippen LogP contribution >= 0.6 is 11.6 Å². The van der Waals surface area contributed by atoms with Crippen molar-refractivity contribution >= 4 is 22.5 Å². The predicted octanol–water partition coefficient (Wildman–Crippen LogP) is 2.64. The minimum atomic E-state index is 0.524. The number of ether oxygens (including phenoxy) is 1. The van der Waals surface area contributed by atoms with Crippen LogP contribution in [0.1, 0.15) is 5.56 Å². The largest absolute Gasteiger partial charge is 0.494 e. The van der Waals surface area contributed by atoms with Gasteiger partial charge in [0.1, 0.15) is 16.4 Å². The summed E-state index contributed by atoms with van der Waals surface area (Å²) >= 11 is 6.20. The van der Waals surface area contributed by atoms with Crippen molar-refractivity contribution in [3.05, 3.63) is 35.0 Å². The van der Waals surface area contributed by atoms with Crippen molar-refractivity contribution < 1.29 is 4.74 Å². The number of rotatable bonds is 3. The van der Waals surface area contributed by atoms with Crippen LogP contribution in [0.4, 0.5) is 0 Å². The van der Waals surface area contributed by atoms with Crippen LogP contribution in [0.2, 0.25) is 5.15 Å².